The van der Waals surface area contributed by atoms with Crippen molar-refractivity contribution in [1.82, 2.24) is 4.57 Å². The summed E-state index contributed by atoms with van der Waals surface area (Å²) in [6, 6.07) is 5.86. The number of esters is 1. The number of rotatable bonds is 5. The predicted octanol–water partition coefficient (Wildman–Crippen LogP) is 2.92. The van der Waals surface area contributed by atoms with Crippen LogP contribution in [-0.2, 0) is 11.3 Å². The number of carbonyl (C=O) groups excluding carboxylic acids is 1. The lowest BCUT2D eigenvalue weighted by Crippen LogP contribution is -2.14. The summed E-state index contributed by atoms with van der Waals surface area (Å²) >= 11 is 0. The monoisotopic (exact) mass is 302 g/mol. The number of benzene rings is 1. The number of methoxy groups -OCH3 is 1. The minimum absolute atomic E-state index is 0.318. The molecule has 0 aliphatic rings. The van der Waals surface area contributed by atoms with Crippen LogP contribution in [0.4, 0.5) is 5.69 Å². The van der Waals surface area contributed by atoms with E-state index in [2.05, 4.69) is 0 Å². The molecule has 0 bridgehead atoms. The molecule has 0 radical (unpaired) electrons. The lowest BCUT2D eigenvalue weighted by Gasteiger charge is -2.12. The Morgan fingerprint density at radius 1 is 1.32 bits per heavy atom. The number of hydrogen-bond donors (Lipinski definition) is 1. The first-order valence-corrected chi connectivity index (χ1v) is 7.23. The zero-order chi connectivity index (χ0) is 16.3. The molecule has 0 fully saturated rings. The number of aryl methyl sites for hydroxylation is 2. The van der Waals surface area contributed by atoms with Gasteiger partial charge in [0.25, 0.3) is 0 Å². The van der Waals surface area contributed by atoms with E-state index in [4.69, 9.17) is 15.2 Å². The predicted molar refractivity (Wildman–Crippen MR) is 86.4 cm³/mol. The summed E-state index contributed by atoms with van der Waals surface area (Å²) < 4.78 is 12.3. The van der Waals surface area contributed by atoms with E-state index in [1.54, 1.807) is 14.0 Å². The minimum atomic E-state index is -0.390. The van der Waals surface area contributed by atoms with Gasteiger partial charge in [-0.15, -0.1) is 0 Å². The average Bonchev–Trinajstić information content (AvgIpc) is 2.78. The summed E-state index contributed by atoms with van der Waals surface area (Å²) in [5.74, 6) is 0.156. The highest BCUT2D eigenvalue weighted by molar-refractivity contribution is 5.91. The highest BCUT2D eigenvalue weighted by Crippen LogP contribution is 2.28. The second-order valence-electron chi connectivity index (χ2n) is 5.24. The van der Waals surface area contributed by atoms with Crippen molar-refractivity contribution in [3.63, 3.8) is 0 Å². The second kappa shape index (κ2) is 6.56. The molecular formula is C17H22N2O3. The van der Waals surface area contributed by atoms with Crippen LogP contribution < -0.4 is 10.5 Å². The smallest absolute Gasteiger partial charge is 0.358 e. The first-order chi connectivity index (χ1) is 10.5. The molecule has 1 aromatic carbocycles. The number of carbonyl (C=O) groups is 1. The van der Waals surface area contributed by atoms with Crippen molar-refractivity contribution < 1.29 is 14.3 Å². The van der Waals surface area contributed by atoms with E-state index in [0.29, 0.717) is 30.3 Å². The number of aromatic nitrogens is 1. The topological polar surface area (TPSA) is 66.5 Å². The van der Waals surface area contributed by atoms with E-state index in [9.17, 15) is 4.79 Å². The van der Waals surface area contributed by atoms with Crippen molar-refractivity contribution in [2.45, 2.75) is 27.3 Å². The highest BCUT2D eigenvalue weighted by atomic mass is 16.5. The van der Waals surface area contributed by atoms with Crippen molar-refractivity contribution in [2.24, 2.45) is 0 Å². The van der Waals surface area contributed by atoms with Crippen LogP contribution in [0, 0.1) is 13.8 Å². The van der Waals surface area contributed by atoms with Gasteiger partial charge in [0.2, 0.25) is 0 Å². The van der Waals surface area contributed by atoms with Crippen LogP contribution in [0.5, 0.6) is 5.75 Å². The molecule has 2 aromatic rings. The van der Waals surface area contributed by atoms with E-state index in [-0.39, 0.29) is 0 Å². The summed E-state index contributed by atoms with van der Waals surface area (Å²) in [5.41, 5.74) is 10.1. The molecule has 1 heterocycles. The summed E-state index contributed by atoms with van der Waals surface area (Å²) in [6.45, 7) is 6.50. The Kier molecular flexibility index (Phi) is 4.75. The molecule has 0 unspecified atom stereocenters. The van der Waals surface area contributed by atoms with Crippen molar-refractivity contribution >= 4 is 11.7 Å². The minimum Gasteiger partial charge on any atom is -0.494 e. The van der Waals surface area contributed by atoms with Gasteiger partial charge in [0, 0.05) is 24.0 Å². The number of hydrogen-bond acceptors (Lipinski definition) is 4. The fourth-order valence-electron chi connectivity index (χ4n) is 2.52. The third-order valence-corrected chi connectivity index (χ3v) is 3.52. The van der Waals surface area contributed by atoms with Gasteiger partial charge in [-0.05, 0) is 32.4 Å². The van der Waals surface area contributed by atoms with Gasteiger partial charge in [0.05, 0.1) is 13.7 Å². The Balaban J connectivity index is 2.46. The van der Waals surface area contributed by atoms with E-state index in [1.807, 2.05) is 42.8 Å². The lowest BCUT2D eigenvalue weighted by atomic mass is 10.1. The van der Waals surface area contributed by atoms with Gasteiger partial charge in [-0.3, -0.25) is 0 Å². The van der Waals surface area contributed by atoms with E-state index < -0.39 is 5.97 Å². The largest absolute Gasteiger partial charge is 0.494 e. The second-order valence-corrected chi connectivity index (χ2v) is 5.24. The van der Waals surface area contributed by atoms with Crippen LogP contribution in [0.2, 0.25) is 0 Å². The molecule has 0 amide bonds. The molecule has 0 saturated heterocycles. The van der Waals surface area contributed by atoms with E-state index in [1.165, 1.54) is 0 Å². The van der Waals surface area contributed by atoms with Crippen LogP contribution in [0.15, 0.2) is 24.4 Å². The first-order valence-electron chi connectivity index (χ1n) is 7.23. The Labute approximate surface area is 130 Å². The summed E-state index contributed by atoms with van der Waals surface area (Å²) in [6.07, 6.45) is 1.88. The third kappa shape index (κ3) is 3.08. The average molecular weight is 302 g/mol. The lowest BCUT2D eigenvalue weighted by molar-refractivity contribution is 0.0510. The Bertz CT molecular complexity index is 689. The van der Waals surface area contributed by atoms with Crippen molar-refractivity contribution in [3.05, 3.63) is 46.8 Å². The van der Waals surface area contributed by atoms with Gasteiger partial charge in [-0.25, -0.2) is 4.79 Å². The number of anilines is 1. The van der Waals surface area contributed by atoms with Gasteiger partial charge in [-0.1, -0.05) is 17.7 Å². The maximum Gasteiger partial charge on any atom is 0.358 e. The quantitative estimate of drug-likeness (QED) is 0.681. The summed E-state index contributed by atoms with van der Waals surface area (Å²) in [7, 11) is 1.55. The summed E-state index contributed by atoms with van der Waals surface area (Å²) in [5, 5.41) is 0. The number of nitrogens with two attached hydrogens (primary N) is 1. The van der Waals surface area contributed by atoms with Crippen molar-refractivity contribution in [2.75, 3.05) is 19.5 Å². The van der Waals surface area contributed by atoms with Crippen LogP contribution in [0.1, 0.15) is 34.1 Å². The normalized spacial score (nSPS) is 10.5. The van der Waals surface area contributed by atoms with Gasteiger partial charge >= 0.3 is 5.97 Å². The first kappa shape index (κ1) is 15.9. The van der Waals surface area contributed by atoms with Gasteiger partial charge < -0.3 is 19.8 Å². The Morgan fingerprint density at radius 2 is 2.05 bits per heavy atom. The molecule has 0 aliphatic heterocycles. The van der Waals surface area contributed by atoms with Gasteiger partial charge in [-0.2, -0.15) is 0 Å². The molecule has 5 nitrogen and oxygen atoms in total. The van der Waals surface area contributed by atoms with E-state index in [0.717, 1.165) is 16.7 Å². The number of nitrogens with zero attached hydrogens (tertiary/aromatic N) is 1. The molecule has 2 N–H and O–H groups in total. The fraction of sp³-hybridized carbons (Fsp3) is 0.353. The molecule has 0 aliphatic carbocycles. The molecule has 5 heteroatoms. The van der Waals surface area contributed by atoms with Gasteiger partial charge in [0.1, 0.15) is 0 Å². The van der Waals surface area contributed by atoms with Crippen LogP contribution in [0.3, 0.4) is 0 Å². The standard InChI is InChI=1S/C17H22N2O3/c1-5-22-17(20)15-16(21-4)12(3)9-19(15)10-13-8-11(2)6-7-14(13)18/h6-9H,5,10,18H2,1-4H3. The maximum absolute atomic E-state index is 12.2. The number of ether oxygens (including phenoxy) is 2. The van der Waals surface area contributed by atoms with Crippen molar-refractivity contribution in [1.29, 1.82) is 0 Å². The Hall–Kier alpha value is -2.43. The Morgan fingerprint density at radius 3 is 2.68 bits per heavy atom. The molecule has 1 aromatic heterocycles. The molecule has 118 valence electrons. The third-order valence-electron chi connectivity index (χ3n) is 3.52. The zero-order valence-electron chi connectivity index (χ0n) is 13.5. The molecule has 0 atom stereocenters. The fourth-order valence-corrected chi connectivity index (χ4v) is 2.52. The molecule has 22 heavy (non-hydrogen) atoms. The van der Waals surface area contributed by atoms with Crippen LogP contribution >= 0.6 is 0 Å². The van der Waals surface area contributed by atoms with Crippen LogP contribution in [-0.4, -0.2) is 24.3 Å². The molecule has 2 rings (SSSR count). The van der Waals surface area contributed by atoms with Crippen molar-refractivity contribution in [3.8, 4) is 5.75 Å². The zero-order valence-corrected chi connectivity index (χ0v) is 13.5. The molecule has 0 spiro atoms. The maximum atomic E-state index is 12.2. The molecule has 0 saturated carbocycles. The summed E-state index contributed by atoms with van der Waals surface area (Å²) in [4.78, 5) is 12.2. The number of nitrogen functional groups attached to an aromatic ring is 1. The van der Waals surface area contributed by atoms with Gasteiger partial charge in [0.15, 0.2) is 11.4 Å². The highest BCUT2D eigenvalue weighted by Gasteiger charge is 2.22. The SMILES string of the molecule is CCOC(=O)c1c(OC)c(C)cn1Cc1cc(C)ccc1N. The van der Waals surface area contributed by atoms with E-state index >= 15 is 0 Å². The van der Waals surface area contributed by atoms with Crippen LogP contribution in [0.25, 0.3) is 0 Å². The molecular weight excluding hydrogens is 280 g/mol.